The van der Waals surface area contributed by atoms with Gasteiger partial charge in [0.2, 0.25) is 5.82 Å². The summed E-state index contributed by atoms with van der Waals surface area (Å²) in [5.41, 5.74) is 2.32. The third kappa shape index (κ3) is 3.97. The van der Waals surface area contributed by atoms with E-state index in [-0.39, 0.29) is 11.8 Å². The van der Waals surface area contributed by atoms with E-state index in [1.165, 1.54) is 0 Å². The number of aromatic nitrogens is 2. The Hall–Kier alpha value is -3.64. The van der Waals surface area contributed by atoms with Crippen molar-refractivity contribution in [2.75, 3.05) is 12.4 Å². The summed E-state index contributed by atoms with van der Waals surface area (Å²) < 4.78 is 10.8. The minimum Gasteiger partial charge on any atom is -0.496 e. The van der Waals surface area contributed by atoms with Crippen LogP contribution in [-0.4, -0.2) is 23.2 Å². The first-order chi connectivity index (χ1) is 14.2. The second kappa shape index (κ2) is 8.16. The number of nitrogens with zero attached hydrogens (tertiary/aromatic N) is 2. The second-order valence-corrected chi connectivity index (χ2v) is 6.57. The van der Waals surface area contributed by atoms with E-state index < -0.39 is 0 Å². The first-order valence-corrected chi connectivity index (χ1v) is 9.17. The average molecular weight is 406 g/mol. The molecule has 0 unspecified atom stereocenters. The fraction of sp³-hybridized carbons (Fsp3) is 0.0455. The molecule has 0 saturated carbocycles. The Morgan fingerprint density at radius 2 is 1.76 bits per heavy atom. The minimum absolute atomic E-state index is 0.285. The van der Waals surface area contributed by atoms with Gasteiger partial charge in [-0.1, -0.05) is 47.1 Å². The lowest BCUT2D eigenvalue weighted by Crippen LogP contribution is -2.12. The lowest BCUT2D eigenvalue weighted by molar-refractivity contribution is 0.102. The van der Waals surface area contributed by atoms with Crippen LogP contribution >= 0.6 is 11.6 Å². The fourth-order valence-electron chi connectivity index (χ4n) is 2.87. The van der Waals surface area contributed by atoms with Crippen molar-refractivity contribution in [1.29, 1.82) is 0 Å². The number of carbonyl (C=O) groups is 1. The second-order valence-electron chi connectivity index (χ2n) is 6.13. The van der Waals surface area contributed by atoms with E-state index in [2.05, 4.69) is 15.5 Å². The molecule has 0 saturated heterocycles. The molecule has 4 rings (SSSR count). The van der Waals surface area contributed by atoms with Crippen molar-refractivity contribution in [1.82, 2.24) is 10.1 Å². The third-order valence-electron chi connectivity index (χ3n) is 4.27. The van der Waals surface area contributed by atoms with Crippen LogP contribution in [0.15, 0.2) is 77.3 Å². The molecule has 0 aliphatic rings. The van der Waals surface area contributed by atoms with Crippen LogP contribution in [0.25, 0.3) is 22.8 Å². The summed E-state index contributed by atoms with van der Waals surface area (Å²) in [7, 11) is 1.58. The number of ether oxygens (including phenoxy) is 1. The first kappa shape index (κ1) is 18.7. The fourth-order valence-corrected chi connectivity index (χ4v) is 3.06. The molecule has 1 N–H and O–H groups in total. The number of nitrogens with one attached hydrogen (secondary N) is 1. The molecule has 1 amide bonds. The quantitative estimate of drug-likeness (QED) is 0.486. The molecule has 0 bridgehead atoms. The Bertz CT molecular complexity index is 1170. The number of methoxy groups -OCH3 is 1. The zero-order valence-corrected chi connectivity index (χ0v) is 16.2. The molecule has 0 radical (unpaired) electrons. The SMILES string of the molecule is COc1ccccc1-c1noc(-c2ccccc2NC(=O)c2cccc(Cl)c2)n1. The monoisotopic (exact) mass is 405 g/mol. The molecule has 4 aromatic rings. The first-order valence-electron chi connectivity index (χ1n) is 8.79. The van der Waals surface area contributed by atoms with E-state index >= 15 is 0 Å². The van der Waals surface area contributed by atoms with Crippen molar-refractivity contribution in [3.05, 3.63) is 83.4 Å². The molecule has 1 heterocycles. The van der Waals surface area contributed by atoms with Gasteiger partial charge < -0.3 is 14.6 Å². The molecule has 0 aliphatic carbocycles. The Kier molecular flexibility index (Phi) is 5.27. The number of amides is 1. The maximum Gasteiger partial charge on any atom is 0.260 e. The van der Waals surface area contributed by atoms with Gasteiger partial charge in [0.15, 0.2) is 0 Å². The maximum absolute atomic E-state index is 12.6. The predicted molar refractivity (Wildman–Crippen MR) is 111 cm³/mol. The summed E-state index contributed by atoms with van der Waals surface area (Å²) in [6.45, 7) is 0. The van der Waals surface area contributed by atoms with Gasteiger partial charge in [-0.15, -0.1) is 0 Å². The lowest BCUT2D eigenvalue weighted by atomic mass is 10.1. The highest BCUT2D eigenvalue weighted by Crippen LogP contribution is 2.32. The number of para-hydroxylation sites is 2. The van der Waals surface area contributed by atoms with Gasteiger partial charge in [0.25, 0.3) is 11.8 Å². The normalized spacial score (nSPS) is 10.6. The molecule has 6 nitrogen and oxygen atoms in total. The summed E-state index contributed by atoms with van der Waals surface area (Å²) in [4.78, 5) is 17.1. The van der Waals surface area contributed by atoms with Crippen molar-refractivity contribution in [2.24, 2.45) is 0 Å². The highest BCUT2D eigenvalue weighted by atomic mass is 35.5. The zero-order valence-electron chi connectivity index (χ0n) is 15.4. The summed E-state index contributed by atoms with van der Waals surface area (Å²) in [6, 6.07) is 21.3. The number of hydrogen-bond acceptors (Lipinski definition) is 5. The highest BCUT2D eigenvalue weighted by Gasteiger charge is 2.17. The molecule has 7 heteroatoms. The molecule has 29 heavy (non-hydrogen) atoms. The van der Waals surface area contributed by atoms with Gasteiger partial charge in [-0.25, -0.2) is 0 Å². The largest absolute Gasteiger partial charge is 0.496 e. The molecule has 144 valence electrons. The Balaban J connectivity index is 1.66. The standard InChI is InChI=1S/C22H16ClN3O3/c1-28-19-12-5-3-10-17(19)20-25-22(29-26-20)16-9-2-4-11-18(16)24-21(27)14-7-6-8-15(23)13-14/h2-13H,1H3,(H,24,27). The molecular weight excluding hydrogens is 390 g/mol. The van der Waals surface area contributed by atoms with Crippen molar-refractivity contribution in [3.63, 3.8) is 0 Å². The Morgan fingerprint density at radius 1 is 1.00 bits per heavy atom. The van der Waals surface area contributed by atoms with Crippen LogP contribution in [0.2, 0.25) is 5.02 Å². The molecule has 3 aromatic carbocycles. The van der Waals surface area contributed by atoms with Gasteiger partial charge in [-0.3, -0.25) is 4.79 Å². The molecule has 0 atom stereocenters. The lowest BCUT2D eigenvalue weighted by Gasteiger charge is -2.08. The minimum atomic E-state index is -0.288. The van der Waals surface area contributed by atoms with Gasteiger partial charge in [0, 0.05) is 10.6 Å². The number of rotatable bonds is 5. The van der Waals surface area contributed by atoms with Crippen molar-refractivity contribution in [2.45, 2.75) is 0 Å². The van der Waals surface area contributed by atoms with Crippen LogP contribution in [0.5, 0.6) is 5.75 Å². The molecule has 0 fully saturated rings. The molecule has 0 spiro atoms. The van der Waals surface area contributed by atoms with Crippen LogP contribution in [0.3, 0.4) is 0 Å². The third-order valence-corrected chi connectivity index (χ3v) is 4.50. The van der Waals surface area contributed by atoms with Gasteiger partial charge >= 0.3 is 0 Å². The van der Waals surface area contributed by atoms with E-state index in [0.717, 1.165) is 0 Å². The van der Waals surface area contributed by atoms with Gasteiger partial charge in [0.1, 0.15) is 5.75 Å². The molecule has 0 aliphatic heterocycles. The topological polar surface area (TPSA) is 77.3 Å². The summed E-state index contributed by atoms with van der Waals surface area (Å²) in [5.74, 6) is 1.04. The van der Waals surface area contributed by atoms with Crippen LogP contribution in [0, 0.1) is 0 Å². The Labute approximate surface area is 172 Å². The van der Waals surface area contributed by atoms with E-state index in [1.807, 2.05) is 36.4 Å². The van der Waals surface area contributed by atoms with Crippen LogP contribution in [-0.2, 0) is 0 Å². The van der Waals surface area contributed by atoms with Crippen LogP contribution in [0.4, 0.5) is 5.69 Å². The zero-order chi connectivity index (χ0) is 20.2. The van der Waals surface area contributed by atoms with Crippen molar-refractivity contribution in [3.8, 4) is 28.6 Å². The van der Waals surface area contributed by atoms with Crippen LogP contribution in [0.1, 0.15) is 10.4 Å². The van der Waals surface area contributed by atoms with Crippen LogP contribution < -0.4 is 10.1 Å². The van der Waals surface area contributed by atoms with E-state index in [0.29, 0.717) is 39.0 Å². The van der Waals surface area contributed by atoms with E-state index in [9.17, 15) is 4.79 Å². The Morgan fingerprint density at radius 3 is 2.55 bits per heavy atom. The van der Waals surface area contributed by atoms with Crippen molar-refractivity contribution >= 4 is 23.2 Å². The average Bonchev–Trinajstić information content (AvgIpc) is 3.24. The summed E-state index contributed by atoms with van der Waals surface area (Å²) >= 11 is 5.98. The summed E-state index contributed by atoms with van der Waals surface area (Å²) in [6.07, 6.45) is 0. The smallest absolute Gasteiger partial charge is 0.260 e. The van der Waals surface area contributed by atoms with Gasteiger partial charge in [-0.2, -0.15) is 4.98 Å². The molecule has 1 aromatic heterocycles. The van der Waals surface area contributed by atoms with E-state index in [4.69, 9.17) is 20.9 Å². The molecular formula is C22H16ClN3O3. The van der Waals surface area contributed by atoms with E-state index in [1.54, 1.807) is 43.5 Å². The van der Waals surface area contributed by atoms with Gasteiger partial charge in [0.05, 0.1) is 23.9 Å². The maximum atomic E-state index is 12.6. The van der Waals surface area contributed by atoms with Gasteiger partial charge in [-0.05, 0) is 42.5 Å². The summed E-state index contributed by atoms with van der Waals surface area (Å²) in [5, 5.41) is 7.43. The number of anilines is 1. The predicted octanol–water partition coefficient (Wildman–Crippen LogP) is 5.32. The number of halogens is 1. The highest BCUT2D eigenvalue weighted by molar-refractivity contribution is 6.31. The van der Waals surface area contributed by atoms with Crippen molar-refractivity contribution < 1.29 is 14.1 Å². The number of hydrogen-bond donors (Lipinski definition) is 1. The number of carbonyl (C=O) groups excluding carboxylic acids is 1. The number of benzene rings is 3.